The Morgan fingerprint density at radius 3 is 0.826 bits per heavy atom. The number of aryl methyl sites for hydroxylation is 4. The Bertz CT molecular complexity index is 4030. The molecule has 0 N–H and O–H groups in total. The first-order valence-corrected chi connectivity index (χ1v) is 27.7. The number of hydrogen-bond acceptors (Lipinski definition) is 12. The number of para-hydroxylation sites is 4. The van der Waals surface area contributed by atoms with E-state index in [0.29, 0.717) is 23.0 Å². The number of anilines is 16. The van der Waals surface area contributed by atoms with E-state index in [1.165, 1.54) is 22.3 Å². The van der Waals surface area contributed by atoms with Gasteiger partial charge in [-0.05, 0) is 147 Å². The molecular formula is C72H52N10O2Pt2. The van der Waals surface area contributed by atoms with Crippen LogP contribution in [0.2, 0.25) is 0 Å². The number of hydrogen-bond donors (Lipinski definition) is 0. The Labute approximate surface area is 530 Å². The monoisotopic (exact) mass is 1480 g/mol. The van der Waals surface area contributed by atoms with Gasteiger partial charge in [0.05, 0.1) is 0 Å². The van der Waals surface area contributed by atoms with Crippen molar-refractivity contribution in [1.29, 1.82) is 0 Å². The van der Waals surface area contributed by atoms with E-state index in [-0.39, 0.29) is 42.1 Å². The van der Waals surface area contributed by atoms with Gasteiger partial charge < -0.3 is 48.7 Å². The maximum absolute atomic E-state index is 6.57. The summed E-state index contributed by atoms with van der Waals surface area (Å²) in [6.45, 7) is 17.0. The van der Waals surface area contributed by atoms with Crippen molar-refractivity contribution in [2.24, 2.45) is 0 Å². The quantitative estimate of drug-likeness (QED) is 0.109. The van der Waals surface area contributed by atoms with Gasteiger partial charge in [0.15, 0.2) is 0 Å². The van der Waals surface area contributed by atoms with Crippen LogP contribution in [0.1, 0.15) is 22.3 Å². The van der Waals surface area contributed by atoms with Crippen LogP contribution in [0.25, 0.3) is 0 Å². The Balaban J connectivity index is 0.00000343. The Kier molecular flexibility index (Phi) is 15.1. The van der Waals surface area contributed by atoms with Crippen molar-refractivity contribution in [3.63, 3.8) is 0 Å². The molecule has 11 aromatic rings. The van der Waals surface area contributed by atoms with Crippen molar-refractivity contribution in [1.82, 2.24) is 9.97 Å². The summed E-state index contributed by atoms with van der Waals surface area (Å²) in [7, 11) is 0. The minimum Gasteiger partial charge on any atom is -0.509 e. The molecule has 0 unspecified atom stereocenters. The van der Waals surface area contributed by atoms with E-state index in [1.807, 2.05) is 97.6 Å². The molecule has 0 aliphatic carbocycles. The van der Waals surface area contributed by atoms with Crippen molar-refractivity contribution in [3.05, 3.63) is 292 Å². The van der Waals surface area contributed by atoms with Crippen LogP contribution in [0.4, 0.5) is 91.0 Å². The van der Waals surface area contributed by atoms with Crippen LogP contribution in [-0.2, 0) is 42.1 Å². The van der Waals surface area contributed by atoms with E-state index in [0.717, 1.165) is 91.0 Å². The predicted molar refractivity (Wildman–Crippen MR) is 335 cm³/mol. The Morgan fingerprint density at radius 2 is 0.523 bits per heavy atom. The first-order valence-electron chi connectivity index (χ1n) is 27.7. The summed E-state index contributed by atoms with van der Waals surface area (Å²) in [6.07, 6.45) is 7.27. The molecule has 0 radical (unpaired) electrons. The van der Waals surface area contributed by atoms with Crippen molar-refractivity contribution in [3.8, 4) is 23.0 Å². The fourth-order valence-corrected chi connectivity index (χ4v) is 11.2. The fraction of sp³-hybridized carbons (Fsp3) is 0.0556. The molecule has 0 saturated heterocycles. The molecule has 12 nitrogen and oxygen atoms in total. The molecule has 86 heavy (non-hydrogen) atoms. The number of nitrogens with zero attached hydrogens (tertiary/aromatic N) is 10. The molecule has 15 rings (SSSR count). The number of fused-ring (bicyclic) bond motifs is 4. The Hall–Kier alpha value is -9.34. The average molecular weight is 1480 g/mol. The van der Waals surface area contributed by atoms with E-state index < -0.39 is 0 Å². The Morgan fingerprint density at radius 1 is 0.279 bits per heavy atom. The standard InChI is InChI=1S/C72H52N10O2.2Pt/c1-49-37-69-71(39-51(49)3)81(47-77(69)55-29-33-73-34-30-55)59-15-11-19-63(43-59)83-61-17-9-13-57(41-61)79-45-75(65-21-5-7-23-67(65)79)53-25-27-54(28-26-53)76-46-80(68-24-8-6-22-66(68)76)58-14-10-18-62(42-58)84-64-20-12-16-60(44-64)82-48-78(56-31-35-74-36-32-56)70-38-50(2)52(4)40-72(70)82;;/h5-40,45-48H,1-4H3;;/q-8;2*+4. The summed E-state index contributed by atoms with van der Waals surface area (Å²) in [5.74, 6) is 2.31. The third-order valence-corrected chi connectivity index (χ3v) is 15.7. The number of benzene rings is 9. The van der Waals surface area contributed by atoms with Crippen LogP contribution < -0.4 is 48.7 Å². The zero-order valence-electron chi connectivity index (χ0n) is 47.0. The van der Waals surface area contributed by atoms with E-state index in [1.54, 1.807) is 0 Å². The van der Waals surface area contributed by atoms with Gasteiger partial charge in [-0.25, -0.2) is 0 Å². The minimum atomic E-state index is 0. The van der Waals surface area contributed by atoms with Gasteiger partial charge in [0.25, 0.3) is 0 Å². The normalized spacial score (nSPS) is 13.7. The first-order chi connectivity index (χ1) is 41.2. The van der Waals surface area contributed by atoms with E-state index >= 15 is 0 Å². The van der Waals surface area contributed by atoms with Gasteiger partial charge in [-0.2, -0.15) is 24.3 Å². The number of aromatic nitrogens is 2. The van der Waals surface area contributed by atoms with E-state index in [4.69, 9.17) is 9.47 Å². The summed E-state index contributed by atoms with van der Waals surface area (Å²) in [6, 6.07) is 80.6. The molecule has 0 bridgehead atoms. The zero-order chi connectivity index (χ0) is 56.4. The van der Waals surface area contributed by atoms with Crippen molar-refractivity contribution in [2.45, 2.75) is 27.7 Å². The first kappa shape index (κ1) is 55.8. The topological polar surface area (TPSA) is 70.2 Å². The van der Waals surface area contributed by atoms with Gasteiger partial charge in [-0.1, -0.05) is 24.3 Å². The van der Waals surface area contributed by atoms with Crippen LogP contribution in [0.5, 0.6) is 23.0 Å². The van der Waals surface area contributed by atoms with E-state index in [9.17, 15) is 0 Å². The maximum Gasteiger partial charge on any atom is 4.00 e. The fourth-order valence-electron chi connectivity index (χ4n) is 11.2. The zero-order valence-corrected chi connectivity index (χ0v) is 51.6. The number of rotatable bonds is 12. The van der Waals surface area contributed by atoms with Gasteiger partial charge in [-0.3, -0.25) is 9.97 Å². The molecule has 0 saturated carbocycles. The predicted octanol–water partition coefficient (Wildman–Crippen LogP) is 18.1. The minimum absolute atomic E-state index is 0. The van der Waals surface area contributed by atoms with Crippen LogP contribution in [0, 0.1) is 78.6 Å². The van der Waals surface area contributed by atoms with Crippen molar-refractivity contribution >= 4 is 91.0 Å². The SMILES string of the molecule is Cc1cc2c(cc1C)N(c1ccncc1)[CH-]N2c1[c-]c(Oc2[c-]c(N3[CH-]N(c4ccc(N5[CH-]N(c6[c-]c(Oc7[c-]c(N8[CH-]N(c9ccncc9)c9cc(C)c(C)cc98)ccc7)ccc6)c6ccccc65)cc4)c4ccccc43)ccc2)ccc1.[Pt+4].[Pt+4]. The molecule has 6 heterocycles. The molecule has 14 heteroatoms. The maximum atomic E-state index is 6.57. The van der Waals surface area contributed by atoms with Crippen LogP contribution in [0.15, 0.2) is 219 Å². The van der Waals surface area contributed by atoms with Gasteiger partial charge in [-0.15, -0.1) is 122 Å². The molecule has 2 aromatic heterocycles. The third kappa shape index (κ3) is 10.3. The van der Waals surface area contributed by atoms with Crippen molar-refractivity contribution in [2.75, 3.05) is 39.2 Å². The van der Waals surface area contributed by atoms with Gasteiger partial charge in [0, 0.05) is 116 Å². The van der Waals surface area contributed by atoms with Crippen LogP contribution >= 0.6 is 0 Å². The molecule has 0 spiro atoms. The van der Waals surface area contributed by atoms with E-state index in [2.05, 4.69) is 249 Å². The van der Waals surface area contributed by atoms with Crippen LogP contribution in [-0.4, -0.2) is 9.97 Å². The third-order valence-electron chi connectivity index (χ3n) is 15.7. The molecule has 0 atom stereocenters. The second kappa shape index (κ2) is 23.3. The summed E-state index contributed by atoms with van der Waals surface area (Å²) in [5.41, 5.74) is 20.8. The van der Waals surface area contributed by atoms with Gasteiger partial charge >= 0.3 is 42.1 Å². The van der Waals surface area contributed by atoms with Gasteiger partial charge in [0.1, 0.15) is 0 Å². The summed E-state index contributed by atoms with van der Waals surface area (Å²) in [4.78, 5) is 25.9. The summed E-state index contributed by atoms with van der Waals surface area (Å²) >= 11 is 0. The smallest absolute Gasteiger partial charge is 0.509 e. The van der Waals surface area contributed by atoms with Crippen LogP contribution in [0.3, 0.4) is 0 Å². The molecule has 0 fully saturated rings. The number of ether oxygens (including phenoxy) is 2. The molecule has 0 amide bonds. The molecule has 4 aliphatic rings. The molecular weight excluding hydrogens is 1430 g/mol. The molecule has 9 aromatic carbocycles. The largest absolute Gasteiger partial charge is 4.00 e. The molecule has 4 aliphatic heterocycles. The summed E-state index contributed by atoms with van der Waals surface area (Å²) < 4.78 is 13.1. The number of pyridine rings is 2. The summed E-state index contributed by atoms with van der Waals surface area (Å²) in [5, 5.41) is 0. The second-order valence-electron chi connectivity index (χ2n) is 21.0. The second-order valence-corrected chi connectivity index (χ2v) is 21.0. The van der Waals surface area contributed by atoms with Crippen molar-refractivity contribution < 1.29 is 51.6 Å². The van der Waals surface area contributed by atoms with Gasteiger partial charge in [0.2, 0.25) is 0 Å². The molecule has 422 valence electrons. The average Bonchev–Trinajstić information content (AvgIpc) is 2.27.